The van der Waals surface area contributed by atoms with E-state index in [9.17, 15) is 9.59 Å². The van der Waals surface area contributed by atoms with Gasteiger partial charge in [-0.15, -0.1) is 0 Å². The van der Waals surface area contributed by atoms with Gasteiger partial charge in [0.15, 0.2) is 5.78 Å². The molecule has 0 saturated carbocycles. The Bertz CT molecular complexity index is 759. The Kier molecular flexibility index (Phi) is 5.66. The van der Waals surface area contributed by atoms with Gasteiger partial charge in [-0.1, -0.05) is 54.6 Å². The number of aryl methyl sites for hydroxylation is 1. The second-order valence-corrected chi connectivity index (χ2v) is 6.00. The molecule has 2 aromatic rings. The van der Waals surface area contributed by atoms with E-state index in [-0.39, 0.29) is 16.2 Å². The molecule has 0 aliphatic rings. The second kappa shape index (κ2) is 7.70. The summed E-state index contributed by atoms with van der Waals surface area (Å²) in [7, 11) is 0. The Morgan fingerprint density at radius 1 is 1.04 bits per heavy atom. The van der Waals surface area contributed by atoms with Crippen LogP contribution in [-0.4, -0.2) is 11.7 Å². The minimum absolute atomic E-state index is 0.0435. The maximum Gasteiger partial charge on any atom is 0.262 e. The van der Waals surface area contributed by atoms with Gasteiger partial charge in [-0.3, -0.25) is 9.59 Å². The maximum atomic E-state index is 12.1. The van der Waals surface area contributed by atoms with Crippen LogP contribution in [0.15, 0.2) is 65.7 Å². The van der Waals surface area contributed by atoms with Crippen molar-refractivity contribution < 1.29 is 9.59 Å². The number of carbonyl (C=O) groups is 2. The zero-order valence-electron chi connectivity index (χ0n) is 12.7. The molecule has 0 saturated heterocycles. The summed E-state index contributed by atoms with van der Waals surface area (Å²) in [4.78, 5) is 23.5. The molecule has 2 rings (SSSR count). The summed E-state index contributed by atoms with van der Waals surface area (Å²) in [5, 5.41) is 2.69. The molecule has 4 heteroatoms. The van der Waals surface area contributed by atoms with Crippen LogP contribution >= 0.6 is 15.9 Å². The molecule has 0 atom stereocenters. The predicted octanol–water partition coefficient (Wildman–Crippen LogP) is 4.74. The normalized spacial score (nSPS) is 10.5. The molecule has 116 valence electrons. The van der Waals surface area contributed by atoms with E-state index in [1.807, 2.05) is 43.3 Å². The van der Waals surface area contributed by atoms with Gasteiger partial charge in [-0.25, -0.2) is 0 Å². The Morgan fingerprint density at radius 2 is 1.65 bits per heavy atom. The number of carbonyl (C=O) groups excluding carboxylic acids is 2. The summed E-state index contributed by atoms with van der Waals surface area (Å²) in [6.07, 6.45) is 3.29. The zero-order valence-corrected chi connectivity index (χ0v) is 14.3. The standard InChI is InChI=1S/C19H16BrNO2/c1-13-3-8-16(9-4-13)18(22)12-7-15-5-10-17(11-6-15)21-19(23)14(2)20/h3-12H,2H2,1H3,(H,21,23)/b12-7+. The fourth-order valence-electron chi connectivity index (χ4n) is 1.86. The van der Waals surface area contributed by atoms with Gasteiger partial charge in [0.1, 0.15) is 0 Å². The van der Waals surface area contributed by atoms with Gasteiger partial charge < -0.3 is 5.32 Å². The first-order valence-electron chi connectivity index (χ1n) is 7.00. The lowest BCUT2D eigenvalue weighted by molar-refractivity contribution is -0.112. The van der Waals surface area contributed by atoms with Gasteiger partial charge in [-0.2, -0.15) is 0 Å². The number of benzene rings is 2. The van der Waals surface area contributed by atoms with Crippen molar-refractivity contribution in [2.24, 2.45) is 0 Å². The van der Waals surface area contributed by atoms with E-state index in [1.54, 1.807) is 24.3 Å². The first-order valence-corrected chi connectivity index (χ1v) is 7.80. The van der Waals surface area contributed by atoms with Crippen LogP contribution in [0, 0.1) is 6.92 Å². The number of rotatable bonds is 5. The van der Waals surface area contributed by atoms with Crippen molar-refractivity contribution in [2.45, 2.75) is 6.92 Å². The lowest BCUT2D eigenvalue weighted by Crippen LogP contribution is -2.10. The fraction of sp³-hybridized carbons (Fsp3) is 0.0526. The van der Waals surface area contributed by atoms with Crippen LogP contribution < -0.4 is 5.32 Å². The molecule has 0 fully saturated rings. The topological polar surface area (TPSA) is 46.2 Å². The van der Waals surface area contributed by atoms with Gasteiger partial charge in [-0.05, 0) is 46.6 Å². The highest BCUT2D eigenvalue weighted by molar-refractivity contribution is 9.12. The van der Waals surface area contributed by atoms with Crippen molar-refractivity contribution >= 4 is 39.4 Å². The number of nitrogens with one attached hydrogen (secondary N) is 1. The van der Waals surface area contributed by atoms with Crippen LogP contribution in [0.3, 0.4) is 0 Å². The zero-order chi connectivity index (χ0) is 16.8. The maximum absolute atomic E-state index is 12.1. The summed E-state index contributed by atoms with van der Waals surface area (Å²) < 4.78 is 0.269. The average Bonchev–Trinajstić information content (AvgIpc) is 2.54. The molecule has 0 bridgehead atoms. The molecule has 0 unspecified atom stereocenters. The molecule has 0 aliphatic carbocycles. The monoisotopic (exact) mass is 369 g/mol. The minimum Gasteiger partial charge on any atom is -0.322 e. The van der Waals surface area contributed by atoms with Crippen LogP contribution in [0.5, 0.6) is 0 Å². The SMILES string of the molecule is C=C(Br)C(=O)Nc1ccc(/C=C/C(=O)c2ccc(C)cc2)cc1. The number of amides is 1. The van der Waals surface area contributed by atoms with E-state index in [1.165, 1.54) is 0 Å². The van der Waals surface area contributed by atoms with Crippen molar-refractivity contribution in [3.05, 3.63) is 82.4 Å². The molecule has 3 nitrogen and oxygen atoms in total. The third kappa shape index (κ3) is 5.04. The van der Waals surface area contributed by atoms with Crippen LogP contribution in [0.1, 0.15) is 21.5 Å². The highest BCUT2D eigenvalue weighted by atomic mass is 79.9. The summed E-state index contributed by atoms with van der Waals surface area (Å²) in [5.74, 6) is -0.333. The fourth-order valence-corrected chi connectivity index (χ4v) is 1.96. The molecule has 0 heterocycles. The highest BCUT2D eigenvalue weighted by Gasteiger charge is 2.04. The van der Waals surface area contributed by atoms with Crippen LogP contribution in [-0.2, 0) is 4.79 Å². The van der Waals surface area contributed by atoms with Crippen molar-refractivity contribution in [2.75, 3.05) is 5.32 Å². The first kappa shape index (κ1) is 16.9. The van der Waals surface area contributed by atoms with E-state index in [0.29, 0.717) is 11.3 Å². The second-order valence-electron chi connectivity index (χ2n) is 5.04. The van der Waals surface area contributed by atoms with E-state index < -0.39 is 0 Å². The number of hydrogen-bond acceptors (Lipinski definition) is 2. The van der Waals surface area contributed by atoms with Gasteiger partial charge in [0, 0.05) is 11.3 Å². The van der Waals surface area contributed by atoms with Crippen LogP contribution in [0.2, 0.25) is 0 Å². The molecule has 0 spiro atoms. The Labute approximate surface area is 143 Å². The Hall–Kier alpha value is -2.46. The summed E-state index contributed by atoms with van der Waals surface area (Å²) in [6, 6.07) is 14.6. The molecular weight excluding hydrogens is 354 g/mol. The quantitative estimate of drug-likeness (QED) is 0.611. The lowest BCUT2D eigenvalue weighted by Gasteiger charge is -2.04. The Morgan fingerprint density at radius 3 is 2.22 bits per heavy atom. The van der Waals surface area contributed by atoms with Crippen LogP contribution in [0.4, 0.5) is 5.69 Å². The lowest BCUT2D eigenvalue weighted by atomic mass is 10.1. The Balaban J connectivity index is 2.02. The van der Waals surface area contributed by atoms with Gasteiger partial charge in [0.25, 0.3) is 5.91 Å². The summed E-state index contributed by atoms with van der Waals surface area (Å²) in [6.45, 7) is 5.49. The third-order valence-corrected chi connectivity index (χ3v) is 3.54. The van der Waals surface area contributed by atoms with E-state index in [2.05, 4.69) is 27.8 Å². The number of ketones is 1. The minimum atomic E-state index is -0.289. The molecule has 1 N–H and O–H groups in total. The predicted molar refractivity (Wildman–Crippen MR) is 97.7 cm³/mol. The number of halogens is 1. The molecule has 0 aliphatic heterocycles. The molecule has 0 radical (unpaired) electrons. The van der Waals surface area contributed by atoms with E-state index >= 15 is 0 Å². The van der Waals surface area contributed by atoms with Crippen molar-refractivity contribution in [1.29, 1.82) is 0 Å². The third-order valence-electron chi connectivity index (χ3n) is 3.18. The van der Waals surface area contributed by atoms with Gasteiger partial charge in [0.05, 0.1) is 4.48 Å². The molecular formula is C19H16BrNO2. The van der Waals surface area contributed by atoms with Gasteiger partial charge >= 0.3 is 0 Å². The average molecular weight is 370 g/mol. The molecule has 2 aromatic carbocycles. The van der Waals surface area contributed by atoms with Crippen molar-refractivity contribution in [3.8, 4) is 0 Å². The van der Waals surface area contributed by atoms with E-state index in [0.717, 1.165) is 11.1 Å². The van der Waals surface area contributed by atoms with Crippen molar-refractivity contribution in [1.82, 2.24) is 0 Å². The summed E-state index contributed by atoms with van der Waals surface area (Å²) in [5.41, 5.74) is 3.32. The van der Waals surface area contributed by atoms with Crippen molar-refractivity contribution in [3.63, 3.8) is 0 Å². The smallest absolute Gasteiger partial charge is 0.262 e. The largest absolute Gasteiger partial charge is 0.322 e. The first-order chi connectivity index (χ1) is 11.0. The van der Waals surface area contributed by atoms with Crippen LogP contribution in [0.25, 0.3) is 6.08 Å². The summed E-state index contributed by atoms with van der Waals surface area (Å²) >= 11 is 3.02. The number of allylic oxidation sites excluding steroid dienone is 1. The highest BCUT2D eigenvalue weighted by Crippen LogP contribution is 2.14. The number of anilines is 1. The number of hydrogen-bond donors (Lipinski definition) is 1. The molecule has 0 aromatic heterocycles. The van der Waals surface area contributed by atoms with E-state index in [4.69, 9.17) is 0 Å². The molecule has 1 amide bonds. The van der Waals surface area contributed by atoms with Gasteiger partial charge in [0.2, 0.25) is 0 Å². The molecule has 23 heavy (non-hydrogen) atoms.